The van der Waals surface area contributed by atoms with Crippen LogP contribution in [0.3, 0.4) is 0 Å². The Hall–Kier alpha value is -2.25. The van der Waals surface area contributed by atoms with Crippen LogP contribution in [-0.2, 0) is 10.0 Å². The number of sulfonamides is 1. The van der Waals surface area contributed by atoms with Gasteiger partial charge in [0.25, 0.3) is 5.91 Å². The van der Waals surface area contributed by atoms with E-state index in [9.17, 15) is 13.2 Å². The number of benzene rings is 2. The molecule has 0 unspecified atom stereocenters. The topological polar surface area (TPSA) is 75.7 Å². The fourth-order valence-corrected chi connectivity index (χ4v) is 3.66. The van der Waals surface area contributed by atoms with Crippen molar-refractivity contribution in [2.75, 3.05) is 30.8 Å². The molecule has 26 heavy (non-hydrogen) atoms. The molecule has 2 aromatic carbocycles. The number of hydrogen-bond acceptors (Lipinski definition) is 4. The van der Waals surface area contributed by atoms with Gasteiger partial charge in [-0.15, -0.1) is 0 Å². The molecule has 0 spiro atoms. The first-order valence-electron chi connectivity index (χ1n) is 7.89. The normalized spacial score (nSPS) is 11.1. The Morgan fingerprint density at radius 3 is 2.58 bits per heavy atom. The SMILES string of the molecule is COc1ccccc1C(=O)NCCN(c1cc(Cl)ccc1C)S(C)(=O)=O. The third kappa shape index (κ3) is 4.89. The van der Waals surface area contributed by atoms with Gasteiger partial charge < -0.3 is 10.1 Å². The number of carbonyl (C=O) groups excluding carboxylic acids is 1. The summed E-state index contributed by atoms with van der Waals surface area (Å²) in [6.45, 7) is 2.02. The minimum absolute atomic E-state index is 0.0842. The van der Waals surface area contributed by atoms with E-state index in [1.165, 1.54) is 11.4 Å². The Morgan fingerprint density at radius 2 is 1.92 bits per heavy atom. The molecule has 0 aliphatic rings. The lowest BCUT2D eigenvalue weighted by molar-refractivity contribution is 0.0952. The molecule has 2 aromatic rings. The van der Waals surface area contributed by atoms with Crippen LogP contribution in [-0.4, -0.2) is 40.8 Å². The summed E-state index contributed by atoms with van der Waals surface area (Å²) in [4.78, 5) is 12.3. The van der Waals surface area contributed by atoms with Gasteiger partial charge in [-0.3, -0.25) is 9.10 Å². The summed E-state index contributed by atoms with van der Waals surface area (Å²) in [5.74, 6) is 0.120. The molecule has 1 N–H and O–H groups in total. The molecular weight excluding hydrogens is 376 g/mol. The van der Waals surface area contributed by atoms with Gasteiger partial charge in [-0.2, -0.15) is 0 Å². The number of nitrogens with one attached hydrogen (secondary N) is 1. The maximum absolute atomic E-state index is 12.3. The summed E-state index contributed by atoms with van der Waals surface area (Å²) in [5.41, 5.74) is 1.65. The number of ether oxygens (including phenoxy) is 1. The molecule has 0 fully saturated rings. The number of methoxy groups -OCH3 is 1. The van der Waals surface area contributed by atoms with Crippen LogP contribution in [0, 0.1) is 6.92 Å². The highest BCUT2D eigenvalue weighted by Crippen LogP contribution is 2.26. The van der Waals surface area contributed by atoms with Crippen molar-refractivity contribution >= 4 is 33.2 Å². The van der Waals surface area contributed by atoms with Gasteiger partial charge in [-0.1, -0.05) is 29.8 Å². The van der Waals surface area contributed by atoms with E-state index < -0.39 is 10.0 Å². The van der Waals surface area contributed by atoms with Crippen LogP contribution in [0.1, 0.15) is 15.9 Å². The van der Waals surface area contributed by atoms with Gasteiger partial charge >= 0.3 is 0 Å². The quantitative estimate of drug-likeness (QED) is 0.780. The molecule has 0 atom stereocenters. The molecule has 0 aliphatic heterocycles. The van der Waals surface area contributed by atoms with E-state index in [-0.39, 0.29) is 19.0 Å². The molecule has 2 rings (SSSR count). The lowest BCUT2D eigenvalue weighted by Crippen LogP contribution is -2.38. The van der Waals surface area contributed by atoms with Crippen LogP contribution < -0.4 is 14.4 Å². The number of para-hydroxylation sites is 1. The average molecular weight is 397 g/mol. The van der Waals surface area contributed by atoms with Crippen molar-refractivity contribution in [1.29, 1.82) is 0 Å². The van der Waals surface area contributed by atoms with Gasteiger partial charge in [0.1, 0.15) is 5.75 Å². The highest BCUT2D eigenvalue weighted by molar-refractivity contribution is 7.92. The van der Waals surface area contributed by atoms with E-state index in [0.717, 1.165) is 11.8 Å². The van der Waals surface area contributed by atoms with Crippen molar-refractivity contribution in [2.24, 2.45) is 0 Å². The van der Waals surface area contributed by atoms with Crippen molar-refractivity contribution < 1.29 is 17.9 Å². The molecule has 0 saturated carbocycles. The average Bonchev–Trinajstić information content (AvgIpc) is 2.59. The third-order valence-corrected chi connectivity index (χ3v) is 5.21. The number of amides is 1. The Morgan fingerprint density at radius 1 is 1.23 bits per heavy atom. The first kappa shape index (κ1) is 20.1. The van der Waals surface area contributed by atoms with Crippen LogP contribution in [0.2, 0.25) is 5.02 Å². The van der Waals surface area contributed by atoms with Gasteiger partial charge in [0.2, 0.25) is 10.0 Å². The summed E-state index contributed by atoms with van der Waals surface area (Å²) >= 11 is 6.00. The van der Waals surface area contributed by atoms with Crippen LogP contribution in [0.4, 0.5) is 5.69 Å². The zero-order valence-corrected chi connectivity index (χ0v) is 16.4. The van der Waals surface area contributed by atoms with Crippen molar-refractivity contribution in [1.82, 2.24) is 5.32 Å². The fraction of sp³-hybridized carbons (Fsp3) is 0.278. The third-order valence-electron chi connectivity index (χ3n) is 3.79. The van der Waals surface area contributed by atoms with Crippen molar-refractivity contribution in [2.45, 2.75) is 6.92 Å². The number of aryl methyl sites for hydroxylation is 1. The van der Waals surface area contributed by atoms with Crippen molar-refractivity contribution in [3.05, 3.63) is 58.6 Å². The van der Waals surface area contributed by atoms with Gasteiger partial charge in [0.05, 0.1) is 31.2 Å². The predicted octanol–water partition coefficient (Wildman–Crippen LogP) is 2.85. The van der Waals surface area contributed by atoms with Crippen LogP contribution in [0.5, 0.6) is 5.75 Å². The minimum Gasteiger partial charge on any atom is -0.496 e. The van der Waals surface area contributed by atoms with E-state index in [4.69, 9.17) is 16.3 Å². The number of rotatable bonds is 7. The maximum atomic E-state index is 12.3. The molecule has 0 radical (unpaired) electrons. The lowest BCUT2D eigenvalue weighted by Gasteiger charge is -2.24. The summed E-state index contributed by atoms with van der Waals surface area (Å²) in [6.07, 6.45) is 1.12. The predicted molar refractivity (Wildman–Crippen MR) is 104 cm³/mol. The van der Waals surface area contributed by atoms with Crippen LogP contribution in [0.25, 0.3) is 0 Å². The minimum atomic E-state index is -3.53. The maximum Gasteiger partial charge on any atom is 0.255 e. The second-order valence-electron chi connectivity index (χ2n) is 5.72. The number of nitrogens with zero attached hydrogens (tertiary/aromatic N) is 1. The van der Waals surface area contributed by atoms with E-state index in [1.807, 2.05) is 0 Å². The molecule has 8 heteroatoms. The molecule has 140 valence electrons. The first-order chi connectivity index (χ1) is 12.2. The highest BCUT2D eigenvalue weighted by Gasteiger charge is 2.20. The van der Waals surface area contributed by atoms with Crippen LogP contribution >= 0.6 is 11.6 Å². The highest BCUT2D eigenvalue weighted by atomic mass is 35.5. The zero-order chi connectivity index (χ0) is 19.3. The Labute approximate surface area is 158 Å². The van der Waals surface area contributed by atoms with Crippen molar-refractivity contribution in [3.8, 4) is 5.75 Å². The fourth-order valence-electron chi connectivity index (χ4n) is 2.51. The lowest BCUT2D eigenvalue weighted by atomic mass is 10.2. The summed E-state index contributed by atoms with van der Waals surface area (Å²) < 4.78 is 30.8. The standard InChI is InChI=1S/C18H21ClN2O4S/c1-13-8-9-14(19)12-16(13)21(26(3,23)24)11-10-20-18(22)15-6-4-5-7-17(15)25-2/h4-9,12H,10-11H2,1-3H3,(H,20,22). The van der Waals surface area contributed by atoms with E-state index in [2.05, 4.69) is 5.32 Å². The zero-order valence-electron chi connectivity index (χ0n) is 14.8. The molecule has 1 amide bonds. The Kier molecular flexibility index (Phi) is 6.50. The van der Waals surface area contributed by atoms with Gasteiger partial charge in [-0.05, 0) is 36.8 Å². The molecule has 0 aromatic heterocycles. The largest absolute Gasteiger partial charge is 0.496 e. The van der Waals surface area contributed by atoms with E-state index in [0.29, 0.717) is 22.0 Å². The first-order valence-corrected chi connectivity index (χ1v) is 10.1. The summed E-state index contributed by atoms with van der Waals surface area (Å²) in [5, 5.41) is 3.16. The number of halogens is 1. The molecule has 0 bridgehead atoms. The van der Waals surface area contributed by atoms with Gasteiger partial charge in [0, 0.05) is 11.6 Å². The van der Waals surface area contributed by atoms with E-state index >= 15 is 0 Å². The summed E-state index contributed by atoms with van der Waals surface area (Å²) in [6, 6.07) is 11.9. The smallest absolute Gasteiger partial charge is 0.255 e. The molecule has 0 aliphatic carbocycles. The summed E-state index contributed by atoms with van der Waals surface area (Å²) in [7, 11) is -2.05. The monoisotopic (exact) mass is 396 g/mol. The second kappa shape index (κ2) is 8.42. The number of hydrogen-bond donors (Lipinski definition) is 1. The van der Waals surface area contributed by atoms with E-state index in [1.54, 1.807) is 49.4 Å². The molecular formula is C18H21ClN2O4S. The van der Waals surface area contributed by atoms with Crippen LogP contribution in [0.15, 0.2) is 42.5 Å². The number of anilines is 1. The second-order valence-corrected chi connectivity index (χ2v) is 8.07. The molecule has 6 nitrogen and oxygen atoms in total. The Bertz CT molecular complexity index is 900. The van der Waals surface area contributed by atoms with Gasteiger partial charge in [-0.25, -0.2) is 8.42 Å². The Balaban J connectivity index is 2.14. The van der Waals surface area contributed by atoms with Crippen molar-refractivity contribution in [3.63, 3.8) is 0 Å². The molecule has 0 saturated heterocycles. The van der Waals surface area contributed by atoms with Gasteiger partial charge in [0.15, 0.2) is 0 Å². The number of carbonyl (C=O) groups is 1. The molecule has 0 heterocycles.